The molecule has 10 aromatic rings. The zero-order valence-electron chi connectivity index (χ0n) is 41.9. The van der Waals surface area contributed by atoms with Gasteiger partial charge in [0.15, 0.2) is 0 Å². The van der Waals surface area contributed by atoms with E-state index in [1.54, 1.807) is 0 Å². The molecule has 0 fully saturated rings. The van der Waals surface area contributed by atoms with Crippen molar-refractivity contribution in [2.75, 3.05) is 4.81 Å². The number of benzene rings is 8. The first-order chi connectivity index (χ1) is 32.9. The van der Waals surface area contributed by atoms with Crippen molar-refractivity contribution in [3.8, 4) is 49.5 Å². The topological polar surface area (TPSA) is 8.17 Å². The normalized spacial score (nSPS) is 14.7. The lowest BCUT2D eigenvalue weighted by Crippen LogP contribution is -2.60. The van der Waals surface area contributed by atoms with Crippen molar-refractivity contribution in [3.05, 3.63) is 186 Å². The van der Waals surface area contributed by atoms with E-state index in [0.717, 1.165) is 0 Å². The van der Waals surface area contributed by atoms with Crippen molar-refractivity contribution in [1.29, 1.82) is 0 Å². The maximum atomic E-state index is 2.73. The molecule has 2 aromatic heterocycles. The number of anilines is 2. The number of thiophene rings is 1. The highest BCUT2D eigenvalue weighted by atomic mass is 32.1. The standard InChI is InChI=1S/C65H59BN2S/c1-62(2,3)40-26-30-43(31-27-40)68-51-33-29-42(64(7,8)9)35-46(51)56-55-44-24-18-19-25-48(44)65(10,11)58(55)57-45-34-41(63(4,5)6)28-32-50(45)67-52-36-47-53(37-49(52)66(68)59(56)60(57)67)69-61(39-22-16-13-17-23-39)54(47)38-20-14-12-15-21-38/h12-37H,1-11H3. The minimum Gasteiger partial charge on any atom is -0.376 e. The van der Waals surface area contributed by atoms with E-state index in [9.17, 15) is 0 Å². The molecule has 2 nitrogen and oxygen atoms in total. The zero-order chi connectivity index (χ0) is 47.7. The second kappa shape index (κ2) is 14.2. The van der Waals surface area contributed by atoms with Gasteiger partial charge in [-0.15, -0.1) is 11.3 Å². The molecule has 4 heterocycles. The third kappa shape index (κ3) is 5.97. The van der Waals surface area contributed by atoms with Crippen molar-refractivity contribution in [2.45, 2.75) is 97.8 Å². The van der Waals surface area contributed by atoms with Crippen LogP contribution in [-0.4, -0.2) is 11.4 Å². The fourth-order valence-corrected chi connectivity index (χ4v) is 13.7. The van der Waals surface area contributed by atoms with Gasteiger partial charge in [-0.1, -0.05) is 185 Å². The molecule has 3 aliphatic rings. The predicted octanol–water partition coefficient (Wildman–Crippen LogP) is 16.8. The third-order valence-corrected chi connectivity index (χ3v) is 17.2. The maximum absolute atomic E-state index is 2.73. The van der Waals surface area contributed by atoms with E-state index in [0.29, 0.717) is 0 Å². The second-order valence-corrected chi connectivity index (χ2v) is 24.8. The lowest BCUT2D eigenvalue weighted by atomic mass is 9.43. The average Bonchev–Trinajstić information content (AvgIpc) is 3.95. The van der Waals surface area contributed by atoms with E-state index in [1.165, 1.54) is 132 Å². The summed E-state index contributed by atoms with van der Waals surface area (Å²) in [6.07, 6.45) is 0. The Kier molecular flexibility index (Phi) is 8.77. The van der Waals surface area contributed by atoms with Gasteiger partial charge in [-0.3, -0.25) is 0 Å². The van der Waals surface area contributed by atoms with Crippen LogP contribution in [-0.2, 0) is 21.7 Å². The first kappa shape index (κ1) is 42.5. The van der Waals surface area contributed by atoms with Crippen molar-refractivity contribution in [1.82, 2.24) is 4.57 Å². The van der Waals surface area contributed by atoms with Crippen LogP contribution in [0, 0.1) is 0 Å². The first-order valence-corrected chi connectivity index (χ1v) is 25.8. The maximum Gasteiger partial charge on any atom is 0.333 e. The van der Waals surface area contributed by atoms with E-state index in [2.05, 4.69) is 243 Å². The lowest BCUT2D eigenvalue weighted by Gasteiger charge is -2.43. The van der Waals surface area contributed by atoms with Crippen molar-refractivity contribution >= 4 is 72.4 Å². The molecule has 1 aliphatic carbocycles. The summed E-state index contributed by atoms with van der Waals surface area (Å²) < 4.78 is 4.03. The van der Waals surface area contributed by atoms with Crippen LogP contribution in [0.15, 0.2) is 158 Å². The Hall–Kier alpha value is -6.62. The number of hydrogen-bond donors (Lipinski definition) is 0. The number of hydrogen-bond acceptors (Lipinski definition) is 2. The highest BCUT2D eigenvalue weighted by molar-refractivity contribution is 7.23. The smallest absolute Gasteiger partial charge is 0.333 e. The van der Waals surface area contributed by atoms with Crippen molar-refractivity contribution < 1.29 is 0 Å². The molecule has 8 aromatic carbocycles. The zero-order valence-corrected chi connectivity index (χ0v) is 42.7. The van der Waals surface area contributed by atoms with E-state index >= 15 is 0 Å². The van der Waals surface area contributed by atoms with Gasteiger partial charge in [0.05, 0.1) is 11.0 Å². The molecule has 0 spiro atoms. The van der Waals surface area contributed by atoms with Crippen LogP contribution in [0.1, 0.15) is 104 Å². The van der Waals surface area contributed by atoms with Gasteiger partial charge in [-0.2, -0.15) is 0 Å². The second-order valence-electron chi connectivity index (χ2n) is 23.7. The summed E-state index contributed by atoms with van der Waals surface area (Å²) in [4.78, 5) is 4.04. The molecule has 13 rings (SSSR count). The molecular weight excluding hydrogens is 852 g/mol. The van der Waals surface area contributed by atoms with Gasteiger partial charge in [0, 0.05) is 59.3 Å². The average molecular weight is 911 g/mol. The molecular formula is C65H59BN2S. The van der Waals surface area contributed by atoms with Gasteiger partial charge >= 0.3 is 6.85 Å². The number of rotatable bonds is 3. The van der Waals surface area contributed by atoms with Gasteiger partial charge < -0.3 is 9.38 Å². The highest BCUT2D eigenvalue weighted by Crippen LogP contribution is 2.59. The van der Waals surface area contributed by atoms with E-state index < -0.39 is 0 Å². The lowest BCUT2D eigenvalue weighted by molar-refractivity contribution is 0.590. The van der Waals surface area contributed by atoms with Gasteiger partial charge in [-0.25, -0.2) is 0 Å². The highest BCUT2D eigenvalue weighted by Gasteiger charge is 2.50. The van der Waals surface area contributed by atoms with Gasteiger partial charge in [0.2, 0.25) is 0 Å². The minimum absolute atomic E-state index is 0.0291. The molecule has 0 bridgehead atoms. The molecule has 4 heteroatoms. The van der Waals surface area contributed by atoms with Crippen LogP contribution in [0.5, 0.6) is 0 Å². The molecule has 0 radical (unpaired) electrons. The summed E-state index contributed by atoms with van der Waals surface area (Å²) in [6, 6.07) is 61.1. The van der Waals surface area contributed by atoms with Gasteiger partial charge in [0.25, 0.3) is 0 Å². The fourth-order valence-electron chi connectivity index (χ4n) is 12.5. The largest absolute Gasteiger partial charge is 0.376 e. The number of aromatic nitrogens is 1. The molecule has 0 unspecified atom stereocenters. The minimum atomic E-state index is -0.252. The van der Waals surface area contributed by atoms with Gasteiger partial charge in [-0.05, 0) is 131 Å². The molecule has 69 heavy (non-hydrogen) atoms. The Morgan fingerprint density at radius 3 is 1.80 bits per heavy atom. The van der Waals surface area contributed by atoms with Crippen LogP contribution in [0.4, 0.5) is 11.4 Å². The SMILES string of the molecule is CC(C)(C)c1ccc(N2B3c4cc5sc(-c6ccccc6)c(-c6ccccc6)c5cc4-n4c5ccc(C(C)(C)C)cc5c5c6c(c(c3c54)-c3cc(C(C)(C)C)ccc32)-c2ccccc2C6(C)C)cc1. The Morgan fingerprint density at radius 1 is 0.507 bits per heavy atom. The summed E-state index contributed by atoms with van der Waals surface area (Å²) in [5, 5.41) is 4.05. The first-order valence-electron chi connectivity index (χ1n) is 25.0. The summed E-state index contributed by atoms with van der Waals surface area (Å²) in [5.41, 5.74) is 25.1. The monoisotopic (exact) mass is 910 g/mol. The van der Waals surface area contributed by atoms with Crippen LogP contribution in [0.25, 0.3) is 81.4 Å². The molecule has 0 atom stereocenters. The molecule has 2 aliphatic heterocycles. The van der Waals surface area contributed by atoms with E-state index in [-0.39, 0.29) is 28.5 Å². The Balaban J connectivity index is 1.26. The van der Waals surface area contributed by atoms with E-state index in [4.69, 9.17) is 0 Å². The van der Waals surface area contributed by atoms with Crippen LogP contribution in [0.3, 0.4) is 0 Å². The van der Waals surface area contributed by atoms with Crippen molar-refractivity contribution in [3.63, 3.8) is 0 Å². The van der Waals surface area contributed by atoms with Crippen LogP contribution < -0.4 is 15.7 Å². The molecule has 0 amide bonds. The Morgan fingerprint density at radius 2 is 1.12 bits per heavy atom. The van der Waals surface area contributed by atoms with Crippen LogP contribution >= 0.6 is 11.3 Å². The number of fused-ring (bicyclic) bond motifs is 14. The molecule has 0 N–H and O–H groups in total. The van der Waals surface area contributed by atoms with Gasteiger partial charge in [0.1, 0.15) is 0 Å². The fraction of sp³-hybridized carbons (Fsp3) is 0.231. The number of nitrogens with zero attached hydrogens (tertiary/aromatic N) is 2. The summed E-state index contributed by atoms with van der Waals surface area (Å²) >= 11 is 1.94. The Labute approximate surface area is 412 Å². The van der Waals surface area contributed by atoms with Crippen molar-refractivity contribution in [2.24, 2.45) is 0 Å². The summed E-state index contributed by atoms with van der Waals surface area (Å²) in [7, 11) is 0. The summed E-state index contributed by atoms with van der Waals surface area (Å²) in [6.45, 7) is 26.0. The molecule has 0 saturated heterocycles. The predicted molar refractivity (Wildman–Crippen MR) is 300 cm³/mol. The molecule has 338 valence electrons. The third-order valence-electron chi connectivity index (χ3n) is 16.0. The quantitative estimate of drug-likeness (QED) is 0.160. The van der Waals surface area contributed by atoms with E-state index in [1.807, 2.05) is 11.3 Å². The molecule has 0 saturated carbocycles. The summed E-state index contributed by atoms with van der Waals surface area (Å²) in [5.74, 6) is 0. The van der Waals surface area contributed by atoms with Crippen LogP contribution in [0.2, 0.25) is 0 Å². The Bertz CT molecular complexity index is 3790.